The summed E-state index contributed by atoms with van der Waals surface area (Å²) >= 11 is 0. The molecule has 3 aromatic rings. The summed E-state index contributed by atoms with van der Waals surface area (Å²) in [6, 6.07) is 11.4. The third-order valence-electron chi connectivity index (χ3n) is 6.69. The van der Waals surface area contributed by atoms with Crippen LogP contribution in [0.25, 0.3) is 11.0 Å². The smallest absolute Gasteiger partial charge is 0.329 e. The monoisotopic (exact) mass is 446 g/mol. The van der Waals surface area contributed by atoms with Crippen molar-refractivity contribution in [2.75, 3.05) is 6.61 Å². The molecule has 0 N–H and O–H groups in total. The van der Waals surface area contributed by atoms with Gasteiger partial charge in [-0.25, -0.2) is 14.5 Å². The van der Waals surface area contributed by atoms with E-state index in [0.29, 0.717) is 18.0 Å². The van der Waals surface area contributed by atoms with Crippen molar-refractivity contribution in [3.8, 4) is 0 Å². The van der Waals surface area contributed by atoms with Crippen LogP contribution < -0.4 is 0 Å². The molecule has 2 aliphatic rings. The number of esters is 1. The number of hydrogen-bond acceptors (Lipinski definition) is 5. The van der Waals surface area contributed by atoms with Gasteiger partial charge in [-0.1, -0.05) is 43.2 Å². The van der Waals surface area contributed by atoms with Gasteiger partial charge in [0.25, 0.3) is 5.91 Å². The van der Waals surface area contributed by atoms with Gasteiger partial charge in [0.05, 0.1) is 24.4 Å². The Morgan fingerprint density at radius 3 is 2.58 bits per heavy atom. The van der Waals surface area contributed by atoms with Gasteiger partial charge in [-0.2, -0.15) is 5.10 Å². The first-order valence-corrected chi connectivity index (χ1v) is 12.0. The van der Waals surface area contributed by atoms with Crippen LogP contribution in [0.4, 0.5) is 0 Å². The molecule has 1 atom stereocenters. The van der Waals surface area contributed by atoms with E-state index in [0.717, 1.165) is 42.3 Å². The van der Waals surface area contributed by atoms with E-state index < -0.39 is 6.04 Å². The molecule has 172 valence electrons. The van der Waals surface area contributed by atoms with E-state index in [1.54, 1.807) is 24.2 Å². The fourth-order valence-electron chi connectivity index (χ4n) is 4.91. The third kappa shape index (κ3) is 4.49. The minimum absolute atomic E-state index is 0.0486. The van der Waals surface area contributed by atoms with E-state index in [4.69, 9.17) is 4.74 Å². The van der Waals surface area contributed by atoms with Gasteiger partial charge in [0.15, 0.2) is 5.65 Å². The highest BCUT2D eigenvalue weighted by molar-refractivity contribution is 5.99. The Kier molecular flexibility index (Phi) is 6.11. The molecule has 1 unspecified atom stereocenters. The van der Waals surface area contributed by atoms with Gasteiger partial charge in [0.1, 0.15) is 6.04 Å². The number of aromatic nitrogens is 3. The summed E-state index contributed by atoms with van der Waals surface area (Å²) in [6.45, 7) is 2.07. The summed E-state index contributed by atoms with van der Waals surface area (Å²) in [7, 11) is 0. The number of hydrogen-bond donors (Lipinski definition) is 0. The van der Waals surface area contributed by atoms with Crippen LogP contribution >= 0.6 is 0 Å². The van der Waals surface area contributed by atoms with E-state index in [-0.39, 0.29) is 24.5 Å². The summed E-state index contributed by atoms with van der Waals surface area (Å²) < 4.78 is 7.40. The molecule has 2 fully saturated rings. The largest absolute Gasteiger partial charge is 0.464 e. The maximum Gasteiger partial charge on any atom is 0.329 e. The molecule has 0 saturated heterocycles. The zero-order chi connectivity index (χ0) is 22.8. The lowest BCUT2D eigenvalue weighted by atomic mass is 10.0. The number of carbonyl (C=O) groups excluding carboxylic acids is 2. The van der Waals surface area contributed by atoms with Crippen molar-refractivity contribution in [2.24, 2.45) is 0 Å². The van der Waals surface area contributed by atoms with Gasteiger partial charge < -0.3 is 9.64 Å². The van der Waals surface area contributed by atoms with Crippen molar-refractivity contribution in [2.45, 2.75) is 70.0 Å². The van der Waals surface area contributed by atoms with Gasteiger partial charge >= 0.3 is 5.97 Å². The predicted octanol–water partition coefficient (Wildman–Crippen LogP) is 4.33. The first-order valence-electron chi connectivity index (χ1n) is 12.0. The summed E-state index contributed by atoms with van der Waals surface area (Å²) in [5.41, 5.74) is 2.31. The molecule has 0 radical (unpaired) electrons. The van der Waals surface area contributed by atoms with Crippen molar-refractivity contribution in [1.29, 1.82) is 0 Å². The zero-order valence-electron chi connectivity index (χ0n) is 19.0. The molecule has 1 aromatic carbocycles. The number of ether oxygens (including phenoxy) is 1. The standard InChI is InChI=1S/C26H30N4O3/c1-2-33-26(32)23(14-18-8-4-3-5-9-18)29(21-12-13-21)25(31)20-15-19-17-28-30(24(19)27-16-20)22-10-6-7-11-22/h3-5,8-9,15-17,21-23H,2,6-7,10-14H2,1H3. The van der Waals surface area contributed by atoms with Crippen LogP contribution in [0, 0.1) is 0 Å². The molecular weight excluding hydrogens is 416 g/mol. The molecule has 5 rings (SSSR count). The third-order valence-corrected chi connectivity index (χ3v) is 6.69. The van der Waals surface area contributed by atoms with E-state index in [9.17, 15) is 9.59 Å². The second kappa shape index (κ2) is 9.33. The molecule has 0 aliphatic heterocycles. The Bertz CT molecular complexity index is 1130. The molecule has 33 heavy (non-hydrogen) atoms. The minimum atomic E-state index is -0.663. The summed E-state index contributed by atoms with van der Waals surface area (Å²) in [4.78, 5) is 33.1. The molecule has 1 amide bonds. The minimum Gasteiger partial charge on any atom is -0.464 e. The number of amides is 1. The zero-order valence-corrected chi connectivity index (χ0v) is 19.0. The van der Waals surface area contributed by atoms with Crippen molar-refractivity contribution >= 4 is 22.9 Å². The average molecular weight is 447 g/mol. The Hall–Kier alpha value is -3.22. The van der Waals surface area contributed by atoms with Crippen molar-refractivity contribution in [3.05, 3.63) is 59.9 Å². The molecular formula is C26H30N4O3. The number of rotatable bonds is 8. The number of fused-ring (bicyclic) bond motifs is 1. The maximum absolute atomic E-state index is 13.7. The summed E-state index contributed by atoms with van der Waals surface area (Å²) in [5.74, 6) is -0.529. The number of pyridine rings is 1. The van der Waals surface area contributed by atoms with Gasteiger partial charge in [-0.05, 0) is 44.2 Å². The molecule has 7 heteroatoms. The fraction of sp³-hybridized carbons (Fsp3) is 0.462. The topological polar surface area (TPSA) is 77.3 Å². The van der Waals surface area contributed by atoms with Crippen molar-refractivity contribution in [1.82, 2.24) is 19.7 Å². The fourth-order valence-corrected chi connectivity index (χ4v) is 4.91. The number of nitrogens with zero attached hydrogens (tertiary/aromatic N) is 4. The highest BCUT2D eigenvalue weighted by Gasteiger charge is 2.41. The van der Waals surface area contributed by atoms with Crippen LogP contribution in [0.5, 0.6) is 0 Å². The molecule has 2 aromatic heterocycles. The molecule has 2 heterocycles. The van der Waals surface area contributed by atoms with Gasteiger partial charge in [-0.15, -0.1) is 0 Å². The summed E-state index contributed by atoms with van der Waals surface area (Å²) in [5, 5.41) is 5.43. The van der Waals surface area contributed by atoms with E-state index in [1.165, 1.54) is 12.8 Å². The van der Waals surface area contributed by atoms with Crippen LogP contribution in [-0.4, -0.2) is 50.2 Å². The van der Waals surface area contributed by atoms with E-state index in [1.807, 2.05) is 41.1 Å². The Labute approximate surface area is 193 Å². The van der Waals surface area contributed by atoms with Crippen LogP contribution in [0.1, 0.15) is 67.4 Å². The number of benzene rings is 1. The van der Waals surface area contributed by atoms with E-state index in [2.05, 4.69) is 10.1 Å². The van der Waals surface area contributed by atoms with Crippen LogP contribution in [0.2, 0.25) is 0 Å². The second-order valence-corrected chi connectivity index (χ2v) is 9.07. The normalized spacial score (nSPS) is 17.2. The van der Waals surface area contributed by atoms with Gasteiger partial charge in [0.2, 0.25) is 0 Å². The van der Waals surface area contributed by atoms with Crippen LogP contribution in [-0.2, 0) is 16.0 Å². The molecule has 2 saturated carbocycles. The second-order valence-electron chi connectivity index (χ2n) is 9.07. The Balaban J connectivity index is 1.45. The molecule has 0 spiro atoms. The molecule has 0 bridgehead atoms. The van der Waals surface area contributed by atoms with Crippen molar-refractivity contribution < 1.29 is 14.3 Å². The Morgan fingerprint density at radius 2 is 1.88 bits per heavy atom. The molecule has 7 nitrogen and oxygen atoms in total. The van der Waals surface area contributed by atoms with Crippen LogP contribution in [0.15, 0.2) is 48.8 Å². The first kappa shape index (κ1) is 21.6. The van der Waals surface area contributed by atoms with Crippen LogP contribution in [0.3, 0.4) is 0 Å². The van der Waals surface area contributed by atoms with E-state index >= 15 is 0 Å². The average Bonchev–Trinajstić information content (AvgIpc) is 3.34. The summed E-state index contributed by atoms with van der Waals surface area (Å²) in [6.07, 6.45) is 10.3. The lowest BCUT2D eigenvalue weighted by Gasteiger charge is -2.30. The lowest BCUT2D eigenvalue weighted by molar-refractivity contribution is -0.148. The molecule has 2 aliphatic carbocycles. The Morgan fingerprint density at radius 1 is 1.12 bits per heavy atom. The highest BCUT2D eigenvalue weighted by Crippen LogP contribution is 2.33. The van der Waals surface area contributed by atoms with Gasteiger partial charge in [-0.3, -0.25) is 4.79 Å². The van der Waals surface area contributed by atoms with Gasteiger partial charge in [0, 0.05) is 24.0 Å². The predicted molar refractivity (Wildman–Crippen MR) is 125 cm³/mol. The van der Waals surface area contributed by atoms with Crippen molar-refractivity contribution in [3.63, 3.8) is 0 Å². The first-order chi connectivity index (χ1) is 16.2. The quantitative estimate of drug-likeness (QED) is 0.482. The lowest BCUT2D eigenvalue weighted by Crippen LogP contribution is -2.48. The highest BCUT2D eigenvalue weighted by atomic mass is 16.5. The maximum atomic E-state index is 13.7. The number of carbonyl (C=O) groups is 2. The SMILES string of the molecule is CCOC(=O)C(Cc1ccccc1)N(C(=O)c1cnc2c(cnn2C2CCCC2)c1)C1CC1.